The summed E-state index contributed by atoms with van der Waals surface area (Å²) in [6.45, 7) is 4.23. The van der Waals surface area contributed by atoms with Crippen LogP contribution in [0.1, 0.15) is 21.5 Å². The Morgan fingerprint density at radius 2 is 1.27 bits per heavy atom. The largest absolute Gasteiger partial charge is 0.488 e. The lowest BCUT2D eigenvalue weighted by molar-refractivity contribution is 0.103. The van der Waals surface area contributed by atoms with Crippen molar-refractivity contribution in [1.82, 2.24) is 0 Å². The summed E-state index contributed by atoms with van der Waals surface area (Å²) in [7, 11) is 0. The molecule has 3 aromatic rings. The first-order valence-corrected chi connectivity index (χ1v) is 8.48. The van der Waals surface area contributed by atoms with Crippen molar-refractivity contribution in [2.75, 3.05) is 0 Å². The minimum atomic E-state index is -0.104. The summed E-state index contributed by atoms with van der Waals surface area (Å²) < 4.78 is 6.10. The number of hydrogen-bond donors (Lipinski definition) is 0. The Kier molecular flexibility index (Phi) is 5.79. The van der Waals surface area contributed by atoms with E-state index >= 15 is 0 Å². The highest BCUT2D eigenvalue weighted by atomic mass is 16.5. The Hall–Kier alpha value is -3.39. The molecule has 0 aliphatic heterocycles. The van der Waals surface area contributed by atoms with Crippen LogP contribution < -0.4 is 0 Å². The first kappa shape index (κ1) is 17.4. The van der Waals surface area contributed by atoms with E-state index in [1.165, 1.54) is 0 Å². The van der Waals surface area contributed by atoms with Crippen molar-refractivity contribution in [3.05, 3.63) is 126 Å². The molecule has 0 saturated carbocycles. The van der Waals surface area contributed by atoms with E-state index < -0.39 is 0 Å². The van der Waals surface area contributed by atoms with Gasteiger partial charge in [0, 0.05) is 11.1 Å². The van der Waals surface area contributed by atoms with Crippen LogP contribution in [0.4, 0.5) is 0 Å². The number of hydrogen-bond acceptors (Lipinski definition) is 2. The van der Waals surface area contributed by atoms with E-state index in [1.807, 2.05) is 78.9 Å². The second-order valence-electron chi connectivity index (χ2n) is 5.78. The first-order valence-electron chi connectivity index (χ1n) is 8.48. The minimum Gasteiger partial charge on any atom is -0.488 e. The molecule has 0 N–H and O–H groups in total. The molecule has 0 amide bonds. The number of carbonyl (C=O) groups is 1. The van der Waals surface area contributed by atoms with E-state index in [0.717, 1.165) is 11.1 Å². The van der Waals surface area contributed by atoms with E-state index in [1.54, 1.807) is 18.2 Å². The summed E-state index contributed by atoms with van der Waals surface area (Å²) in [5.41, 5.74) is 2.96. The molecule has 26 heavy (non-hydrogen) atoms. The number of ketones is 1. The summed E-state index contributed by atoms with van der Waals surface area (Å²) in [5.74, 6) is 0.436. The van der Waals surface area contributed by atoms with Crippen LogP contribution in [0.2, 0.25) is 0 Å². The fraction of sp³-hybridized carbons (Fsp3) is 0.0417. The third kappa shape index (κ3) is 4.17. The van der Waals surface area contributed by atoms with Gasteiger partial charge in [-0.3, -0.25) is 4.79 Å². The number of benzene rings is 3. The minimum absolute atomic E-state index is 0.104. The van der Waals surface area contributed by atoms with Gasteiger partial charge in [-0.1, -0.05) is 104 Å². The second-order valence-corrected chi connectivity index (χ2v) is 5.78. The highest BCUT2D eigenvalue weighted by Crippen LogP contribution is 2.25. The van der Waals surface area contributed by atoms with Gasteiger partial charge in [-0.05, 0) is 5.56 Å². The molecule has 0 atom stereocenters. The molecule has 3 rings (SSSR count). The molecule has 2 heteroatoms. The van der Waals surface area contributed by atoms with Gasteiger partial charge in [0.2, 0.25) is 0 Å². The normalized spacial score (nSPS) is 11.4. The Labute approximate surface area is 154 Å². The zero-order chi connectivity index (χ0) is 18.2. The van der Waals surface area contributed by atoms with Crippen LogP contribution >= 0.6 is 0 Å². The van der Waals surface area contributed by atoms with Crippen LogP contribution in [0.15, 0.2) is 109 Å². The summed E-state index contributed by atoms with van der Waals surface area (Å²) >= 11 is 0. The van der Waals surface area contributed by atoms with Gasteiger partial charge in [0.15, 0.2) is 5.78 Å². The first-order chi connectivity index (χ1) is 12.8. The SMILES string of the molecule is C=CC(C(=O)c1ccccc1)=C(OCc1ccccc1)c1ccccc1. The number of ether oxygens (including phenoxy) is 1. The lowest BCUT2D eigenvalue weighted by atomic mass is 9.99. The van der Waals surface area contributed by atoms with E-state index in [2.05, 4.69) is 6.58 Å². The fourth-order valence-electron chi connectivity index (χ4n) is 2.67. The zero-order valence-electron chi connectivity index (χ0n) is 14.5. The molecule has 128 valence electrons. The summed E-state index contributed by atoms with van der Waals surface area (Å²) in [6, 6.07) is 28.7. The lowest BCUT2D eigenvalue weighted by Gasteiger charge is -2.15. The second kappa shape index (κ2) is 8.63. The van der Waals surface area contributed by atoms with Crippen molar-refractivity contribution in [3.63, 3.8) is 0 Å². The molecule has 0 saturated heterocycles. The predicted molar refractivity (Wildman–Crippen MR) is 106 cm³/mol. The highest BCUT2D eigenvalue weighted by Gasteiger charge is 2.17. The topological polar surface area (TPSA) is 26.3 Å². The molecular formula is C24H20O2. The van der Waals surface area contributed by atoms with Crippen molar-refractivity contribution >= 4 is 11.5 Å². The molecule has 0 fully saturated rings. The Balaban J connectivity index is 2.00. The Morgan fingerprint density at radius 1 is 0.769 bits per heavy atom. The van der Waals surface area contributed by atoms with Gasteiger partial charge in [-0.2, -0.15) is 0 Å². The average molecular weight is 340 g/mol. The number of carbonyl (C=O) groups excluding carboxylic acids is 1. The van der Waals surface area contributed by atoms with Gasteiger partial charge in [0.05, 0.1) is 5.57 Å². The third-order valence-electron chi connectivity index (χ3n) is 3.99. The van der Waals surface area contributed by atoms with Gasteiger partial charge in [0.25, 0.3) is 0 Å². The van der Waals surface area contributed by atoms with E-state index in [4.69, 9.17) is 4.74 Å². The molecule has 3 aromatic carbocycles. The maximum absolute atomic E-state index is 13.0. The van der Waals surface area contributed by atoms with Crippen molar-refractivity contribution in [2.45, 2.75) is 6.61 Å². The van der Waals surface area contributed by atoms with Gasteiger partial charge < -0.3 is 4.74 Å². The van der Waals surface area contributed by atoms with Crippen LogP contribution in [0.3, 0.4) is 0 Å². The van der Waals surface area contributed by atoms with Gasteiger partial charge in [-0.15, -0.1) is 0 Å². The third-order valence-corrected chi connectivity index (χ3v) is 3.99. The van der Waals surface area contributed by atoms with Crippen LogP contribution in [0, 0.1) is 0 Å². The maximum Gasteiger partial charge on any atom is 0.196 e. The fourth-order valence-corrected chi connectivity index (χ4v) is 2.67. The van der Waals surface area contributed by atoms with Crippen molar-refractivity contribution in [2.24, 2.45) is 0 Å². The van der Waals surface area contributed by atoms with E-state index in [-0.39, 0.29) is 5.78 Å². The summed E-state index contributed by atoms with van der Waals surface area (Å²) in [5, 5.41) is 0. The van der Waals surface area contributed by atoms with Crippen molar-refractivity contribution in [1.29, 1.82) is 0 Å². The van der Waals surface area contributed by atoms with E-state index in [9.17, 15) is 4.79 Å². The summed E-state index contributed by atoms with van der Waals surface area (Å²) in [6.07, 6.45) is 1.57. The molecule has 2 nitrogen and oxygen atoms in total. The van der Waals surface area contributed by atoms with Crippen LogP contribution in [-0.4, -0.2) is 5.78 Å². The Bertz CT molecular complexity index is 895. The molecule has 0 unspecified atom stereocenters. The van der Waals surface area contributed by atoms with Crippen molar-refractivity contribution < 1.29 is 9.53 Å². The van der Waals surface area contributed by atoms with Crippen LogP contribution in [0.5, 0.6) is 0 Å². The predicted octanol–water partition coefficient (Wildman–Crippen LogP) is 5.68. The molecule has 0 radical (unpaired) electrons. The number of Topliss-reactive ketones (excluding diaryl/α,β-unsaturated/α-hetero) is 1. The monoisotopic (exact) mass is 340 g/mol. The van der Waals surface area contributed by atoms with E-state index in [0.29, 0.717) is 23.5 Å². The number of allylic oxidation sites excluding steroid dienone is 2. The van der Waals surface area contributed by atoms with Gasteiger partial charge in [0.1, 0.15) is 12.4 Å². The molecule has 0 heterocycles. The smallest absolute Gasteiger partial charge is 0.196 e. The molecule has 0 aliphatic rings. The highest BCUT2D eigenvalue weighted by molar-refractivity contribution is 6.14. The maximum atomic E-state index is 13.0. The van der Waals surface area contributed by atoms with Gasteiger partial charge in [-0.25, -0.2) is 0 Å². The van der Waals surface area contributed by atoms with Crippen LogP contribution in [-0.2, 0) is 11.3 Å². The zero-order valence-corrected chi connectivity index (χ0v) is 14.5. The molecule has 0 aromatic heterocycles. The lowest BCUT2D eigenvalue weighted by Crippen LogP contribution is -2.07. The van der Waals surface area contributed by atoms with Gasteiger partial charge >= 0.3 is 0 Å². The Morgan fingerprint density at radius 3 is 1.81 bits per heavy atom. The standard InChI is InChI=1S/C24H20O2/c1-2-22(23(25)20-14-8-4-9-15-20)24(21-16-10-5-11-17-21)26-18-19-12-6-3-7-13-19/h2-17H,1,18H2. The van der Waals surface area contributed by atoms with Crippen LogP contribution in [0.25, 0.3) is 5.76 Å². The summed E-state index contributed by atoms with van der Waals surface area (Å²) in [4.78, 5) is 13.0. The van der Waals surface area contributed by atoms with Crippen molar-refractivity contribution in [3.8, 4) is 0 Å². The quantitative estimate of drug-likeness (QED) is 0.239. The number of rotatable bonds is 7. The molecule has 0 aliphatic carbocycles. The molecular weight excluding hydrogens is 320 g/mol. The molecule has 0 spiro atoms. The molecule has 0 bridgehead atoms. The average Bonchev–Trinajstić information content (AvgIpc) is 2.72.